The molecule has 1 aromatic heterocycles. The highest BCUT2D eigenvalue weighted by molar-refractivity contribution is 5.98. The molecule has 2 aromatic rings. The summed E-state index contributed by atoms with van der Waals surface area (Å²) in [7, 11) is 0. The molecular weight excluding hydrogens is 440 g/mol. The zero-order chi connectivity index (χ0) is 24.4. The monoisotopic (exact) mass is 474 g/mol. The summed E-state index contributed by atoms with van der Waals surface area (Å²) in [5, 5.41) is 6.38. The molecule has 3 heterocycles. The molecule has 8 nitrogen and oxygen atoms in total. The van der Waals surface area contributed by atoms with Gasteiger partial charge in [0.1, 0.15) is 11.6 Å². The summed E-state index contributed by atoms with van der Waals surface area (Å²) in [4.78, 5) is 33.5. The highest BCUT2D eigenvalue weighted by Crippen LogP contribution is 2.53. The molecule has 2 saturated heterocycles. The Bertz CT molecular complexity index is 1110. The average Bonchev–Trinajstić information content (AvgIpc) is 3.28. The quantitative estimate of drug-likeness (QED) is 0.483. The standard InChI is InChI=1S/C27H34N6O2/c1-2-24(34)30-22-17-33(18-27(22)12-13-27)23-10-9-21(25(28)35)26(31-23)29-20-7-5-19(6-8-20)11-16-32-14-3-4-15-32/h2,5-10,22H,1,3-4,11-18H2,(H2,28,35)(H,29,31)(H,30,34). The van der Waals surface area contributed by atoms with Gasteiger partial charge in [0.25, 0.3) is 5.91 Å². The number of nitrogens with zero attached hydrogens (tertiary/aromatic N) is 3. The fourth-order valence-corrected chi connectivity index (χ4v) is 5.34. The Morgan fingerprint density at radius 2 is 1.89 bits per heavy atom. The van der Waals surface area contributed by atoms with Crippen LogP contribution in [0.1, 0.15) is 41.6 Å². The van der Waals surface area contributed by atoms with Crippen LogP contribution < -0.4 is 21.3 Å². The van der Waals surface area contributed by atoms with Crippen LogP contribution in [0.15, 0.2) is 49.1 Å². The summed E-state index contributed by atoms with van der Waals surface area (Å²) >= 11 is 0. The number of pyridine rings is 1. The van der Waals surface area contributed by atoms with Gasteiger partial charge in [-0.15, -0.1) is 0 Å². The lowest BCUT2D eigenvalue weighted by Crippen LogP contribution is -2.40. The van der Waals surface area contributed by atoms with Crippen LogP contribution in [0.5, 0.6) is 0 Å². The number of hydrogen-bond donors (Lipinski definition) is 3. The van der Waals surface area contributed by atoms with Crippen LogP contribution in [0.3, 0.4) is 0 Å². The van der Waals surface area contributed by atoms with Gasteiger partial charge < -0.3 is 26.2 Å². The van der Waals surface area contributed by atoms with E-state index < -0.39 is 5.91 Å². The van der Waals surface area contributed by atoms with Crippen molar-refractivity contribution < 1.29 is 9.59 Å². The zero-order valence-electron chi connectivity index (χ0n) is 20.1. The molecule has 1 spiro atoms. The van der Waals surface area contributed by atoms with E-state index >= 15 is 0 Å². The number of nitrogens with one attached hydrogen (secondary N) is 2. The lowest BCUT2D eigenvalue weighted by atomic mass is 10.0. The number of carbonyl (C=O) groups excluding carboxylic acids is 2. The van der Waals surface area contributed by atoms with Crippen molar-refractivity contribution >= 4 is 29.1 Å². The molecule has 1 aliphatic carbocycles. The number of amides is 2. The van der Waals surface area contributed by atoms with Crippen molar-refractivity contribution in [3.05, 3.63) is 60.2 Å². The third-order valence-electron chi connectivity index (χ3n) is 7.64. The number of anilines is 3. The predicted molar refractivity (Wildman–Crippen MR) is 138 cm³/mol. The van der Waals surface area contributed by atoms with Gasteiger partial charge in [-0.2, -0.15) is 0 Å². The number of primary amides is 1. The molecule has 2 amide bonds. The molecule has 3 fully saturated rings. The number of benzene rings is 1. The fraction of sp³-hybridized carbons (Fsp3) is 0.444. The molecule has 1 atom stereocenters. The lowest BCUT2D eigenvalue weighted by Gasteiger charge is -2.20. The summed E-state index contributed by atoms with van der Waals surface area (Å²) in [6.07, 6.45) is 7.12. The Hall–Kier alpha value is -3.39. The zero-order valence-corrected chi connectivity index (χ0v) is 20.1. The minimum absolute atomic E-state index is 0.0649. The molecular formula is C27H34N6O2. The first-order valence-corrected chi connectivity index (χ1v) is 12.5. The maximum Gasteiger partial charge on any atom is 0.252 e. The molecule has 5 rings (SSSR count). The second-order valence-corrected chi connectivity index (χ2v) is 10.1. The number of carbonyl (C=O) groups is 2. The van der Waals surface area contributed by atoms with Crippen molar-refractivity contribution in [2.75, 3.05) is 42.9 Å². The Kier molecular flexibility index (Phi) is 6.47. The SMILES string of the molecule is C=CC(=O)NC1CN(c2ccc(C(N)=O)c(Nc3ccc(CCN4CCCC4)cc3)n2)CC12CC2. The molecule has 0 bridgehead atoms. The Balaban J connectivity index is 1.29. The van der Waals surface area contributed by atoms with Gasteiger partial charge in [0, 0.05) is 30.7 Å². The Morgan fingerprint density at radius 3 is 2.54 bits per heavy atom. The van der Waals surface area contributed by atoms with Crippen molar-refractivity contribution in [2.45, 2.75) is 38.1 Å². The summed E-state index contributed by atoms with van der Waals surface area (Å²) in [5.74, 6) is 0.543. The minimum atomic E-state index is -0.523. The largest absolute Gasteiger partial charge is 0.365 e. The van der Waals surface area contributed by atoms with E-state index in [1.54, 1.807) is 6.07 Å². The van der Waals surface area contributed by atoms with Crippen molar-refractivity contribution in [3.63, 3.8) is 0 Å². The van der Waals surface area contributed by atoms with Gasteiger partial charge >= 0.3 is 0 Å². The van der Waals surface area contributed by atoms with Gasteiger partial charge in [0.05, 0.1) is 11.6 Å². The molecule has 0 radical (unpaired) electrons. The average molecular weight is 475 g/mol. The summed E-state index contributed by atoms with van der Waals surface area (Å²) in [5.41, 5.74) is 8.25. The number of rotatable bonds is 9. The molecule has 1 saturated carbocycles. The molecule has 3 aliphatic rings. The van der Waals surface area contributed by atoms with Crippen molar-refractivity contribution in [1.29, 1.82) is 0 Å². The van der Waals surface area contributed by atoms with Gasteiger partial charge in [-0.1, -0.05) is 18.7 Å². The summed E-state index contributed by atoms with van der Waals surface area (Å²) < 4.78 is 0. The van der Waals surface area contributed by atoms with E-state index in [1.807, 2.05) is 18.2 Å². The Labute approximate surface area is 206 Å². The first-order valence-electron chi connectivity index (χ1n) is 12.5. The van der Waals surface area contributed by atoms with Crippen molar-refractivity contribution in [3.8, 4) is 0 Å². The van der Waals surface area contributed by atoms with Gasteiger partial charge in [0.2, 0.25) is 5.91 Å². The van der Waals surface area contributed by atoms with Crippen molar-refractivity contribution in [2.24, 2.45) is 11.1 Å². The van der Waals surface area contributed by atoms with Crippen LogP contribution in [0, 0.1) is 5.41 Å². The molecule has 1 unspecified atom stereocenters. The molecule has 184 valence electrons. The maximum absolute atomic E-state index is 12.1. The fourth-order valence-electron chi connectivity index (χ4n) is 5.34. The molecule has 2 aliphatic heterocycles. The first-order chi connectivity index (χ1) is 17.0. The van der Waals surface area contributed by atoms with Crippen molar-refractivity contribution in [1.82, 2.24) is 15.2 Å². The minimum Gasteiger partial charge on any atom is -0.365 e. The number of likely N-dealkylation sites (tertiary alicyclic amines) is 1. The smallest absolute Gasteiger partial charge is 0.252 e. The predicted octanol–water partition coefficient (Wildman–Crippen LogP) is 2.83. The maximum atomic E-state index is 12.1. The second kappa shape index (κ2) is 9.70. The second-order valence-electron chi connectivity index (χ2n) is 10.1. The van der Waals surface area contributed by atoms with E-state index in [0.29, 0.717) is 17.9 Å². The van der Waals surface area contributed by atoms with Crippen LogP contribution in [-0.4, -0.2) is 60.5 Å². The van der Waals surface area contributed by atoms with E-state index in [1.165, 1.54) is 37.6 Å². The molecule has 35 heavy (non-hydrogen) atoms. The van der Waals surface area contributed by atoms with Crippen LogP contribution in [0.4, 0.5) is 17.3 Å². The number of aromatic nitrogens is 1. The highest BCUT2D eigenvalue weighted by Gasteiger charge is 2.55. The van der Waals surface area contributed by atoms with E-state index in [-0.39, 0.29) is 17.4 Å². The van der Waals surface area contributed by atoms with Crippen LogP contribution in [0.2, 0.25) is 0 Å². The van der Waals surface area contributed by atoms with Gasteiger partial charge in [-0.05, 0) is 81.1 Å². The topological polar surface area (TPSA) is 104 Å². The van der Waals surface area contributed by atoms with Crippen LogP contribution in [0.25, 0.3) is 0 Å². The van der Waals surface area contributed by atoms with Gasteiger partial charge in [-0.25, -0.2) is 4.98 Å². The molecule has 1 aromatic carbocycles. The van der Waals surface area contributed by atoms with E-state index in [9.17, 15) is 9.59 Å². The third-order valence-corrected chi connectivity index (χ3v) is 7.64. The van der Waals surface area contributed by atoms with E-state index in [2.05, 4.69) is 39.1 Å². The number of hydrogen-bond acceptors (Lipinski definition) is 6. The first kappa shape index (κ1) is 23.4. The third kappa shape index (κ3) is 5.17. The molecule has 4 N–H and O–H groups in total. The van der Waals surface area contributed by atoms with E-state index in [4.69, 9.17) is 10.7 Å². The number of nitrogens with two attached hydrogens (primary N) is 1. The van der Waals surface area contributed by atoms with Gasteiger partial charge in [0.15, 0.2) is 0 Å². The van der Waals surface area contributed by atoms with E-state index in [0.717, 1.165) is 43.9 Å². The Morgan fingerprint density at radius 1 is 1.14 bits per heavy atom. The highest BCUT2D eigenvalue weighted by atomic mass is 16.1. The summed E-state index contributed by atoms with van der Waals surface area (Å²) in [6, 6.07) is 11.9. The lowest BCUT2D eigenvalue weighted by molar-refractivity contribution is -0.117. The normalized spacial score (nSPS) is 20.7. The van der Waals surface area contributed by atoms with Crippen LogP contribution in [-0.2, 0) is 11.2 Å². The van der Waals surface area contributed by atoms with Crippen LogP contribution >= 0.6 is 0 Å². The summed E-state index contributed by atoms with van der Waals surface area (Å²) in [6.45, 7) is 8.57. The van der Waals surface area contributed by atoms with Gasteiger partial charge in [-0.3, -0.25) is 9.59 Å². The molecule has 8 heteroatoms.